The molecule has 0 amide bonds. The maximum Gasteiger partial charge on any atom is 0.196 e. The van der Waals surface area contributed by atoms with Crippen LogP contribution in [0.5, 0.6) is 5.75 Å². The average Bonchev–Trinajstić information content (AvgIpc) is 3.30. The second-order valence-electron chi connectivity index (χ2n) is 7.20. The predicted molar refractivity (Wildman–Crippen MR) is 117 cm³/mol. The van der Waals surface area contributed by atoms with Crippen molar-refractivity contribution in [3.63, 3.8) is 0 Å². The first-order valence-corrected chi connectivity index (χ1v) is 9.91. The molecule has 6 nitrogen and oxygen atoms in total. The Morgan fingerprint density at radius 1 is 0.968 bits per heavy atom. The summed E-state index contributed by atoms with van der Waals surface area (Å²) >= 11 is 0. The van der Waals surface area contributed by atoms with Crippen molar-refractivity contribution in [2.75, 3.05) is 0 Å². The van der Waals surface area contributed by atoms with Gasteiger partial charge in [0.25, 0.3) is 0 Å². The van der Waals surface area contributed by atoms with Crippen molar-refractivity contribution in [1.82, 2.24) is 14.8 Å². The lowest BCUT2D eigenvalue weighted by atomic mass is 10.1. The van der Waals surface area contributed by atoms with Crippen LogP contribution in [-0.4, -0.2) is 14.8 Å². The molecule has 0 saturated heterocycles. The van der Waals surface area contributed by atoms with Crippen LogP contribution in [0, 0.1) is 0 Å². The van der Waals surface area contributed by atoms with Gasteiger partial charge in [-0.25, -0.2) is 4.68 Å². The smallest absolute Gasteiger partial charge is 0.196 e. The van der Waals surface area contributed by atoms with Gasteiger partial charge in [0.05, 0.1) is 23.5 Å². The molecular weight excluding hydrogens is 390 g/mol. The van der Waals surface area contributed by atoms with Gasteiger partial charge >= 0.3 is 0 Å². The minimum Gasteiger partial charge on any atom is -0.489 e. The number of fused-ring (bicyclic) bond motifs is 1. The molecule has 0 aliphatic carbocycles. The van der Waals surface area contributed by atoms with Crippen LogP contribution < -0.4 is 10.2 Å². The summed E-state index contributed by atoms with van der Waals surface area (Å²) < 4.78 is 13.4. The van der Waals surface area contributed by atoms with Crippen molar-refractivity contribution in [2.45, 2.75) is 13.0 Å². The van der Waals surface area contributed by atoms with Gasteiger partial charge < -0.3 is 9.15 Å². The van der Waals surface area contributed by atoms with E-state index in [1.54, 1.807) is 36.8 Å². The van der Waals surface area contributed by atoms with Gasteiger partial charge in [0, 0.05) is 42.2 Å². The monoisotopic (exact) mass is 409 g/mol. The lowest BCUT2D eigenvalue weighted by Gasteiger charge is -2.07. The third-order valence-corrected chi connectivity index (χ3v) is 5.00. The Bertz CT molecular complexity index is 1380. The summed E-state index contributed by atoms with van der Waals surface area (Å²) in [6.45, 7) is 0.363. The van der Waals surface area contributed by atoms with Gasteiger partial charge in [-0.1, -0.05) is 24.3 Å². The van der Waals surface area contributed by atoms with Gasteiger partial charge in [-0.05, 0) is 35.9 Å². The lowest BCUT2D eigenvalue weighted by Crippen LogP contribution is -2.09. The molecule has 3 aromatic heterocycles. The van der Waals surface area contributed by atoms with Crippen molar-refractivity contribution in [2.24, 2.45) is 0 Å². The first-order valence-electron chi connectivity index (χ1n) is 9.91. The molecule has 0 aliphatic rings. The minimum absolute atomic E-state index is 0.0409. The summed E-state index contributed by atoms with van der Waals surface area (Å²) in [7, 11) is 0. The molecule has 0 unspecified atom stereocenters. The van der Waals surface area contributed by atoms with Crippen molar-refractivity contribution >= 4 is 11.0 Å². The molecule has 31 heavy (non-hydrogen) atoms. The van der Waals surface area contributed by atoms with Crippen LogP contribution in [0.15, 0.2) is 101 Å². The molecule has 0 atom stereocenters. The van der Waals surface area contributed by atoms with E-state index in [1.165, 1.54) is 6.26 Å². The SMILES string of the molecule is O=c1c(Cc2cccnc2)coc2cc(OCc3cnn(-c4ccccc4)c3)ccc12. The molecule has 0 aliphatic heterocycles. The number of pyridine rings is 1. The van der Waals surface area contributed by atoms with Crippen molar-refractivity contribution in [3.05, 3.63) is 119 Å². The fourth-order valence-corrected chi connectivity index (χ4v) is 3.41. The number of para-hydroxylation sites is 1. The fourth-order valence-electron chi connectivity index (χ4n) is 3.41. The van der Waals surface area contributed by atoms with Gasteiger partial charge in [0.2, 0.25) is 0 Å². The second kappa shape index (κ2) is 8.28. The summed E-state index contributed by atoms with van der Waals surface area (Å²) in [5.41, 5.74) is 3.95. The van der Waals surface area contributed by atoms with Gasteiger partial charge in [-0.15, -0.1) is 0 Å². The Morgan fingerprint density at radius 2 is 1.87 bits per heavy atom. The number of benzene rings is 2. The maximum atomic E-state index is 12.8. The molecular formula is C25H19N3O3. The highest BCUT2D eigenvalue weighted by atomic mass is 16.5. The highest BCUT2D eigenvalue weighted by Gasteiger charge is 2.10. The Kier molecular flexibility index (Phi) is 5.02. The molecule has 5 rings (SSSR count). The molecule has 6 heteroatoms. The summed E-state index contributed by atoms with van der Waals surface area (Å²) in [6.07, 6.45) is 9.17. The van der Waals surface area contributed by atoms with E-state index in [1.807, 2.05) is 53.3 Å². The van der Waals surface area contributed by atoms with E-state index in [4.69, 9.17) is 9.15 Å². The number of ether oxygens (including phenoxy) is 1. The second-order valence-corrected chi connectivity index (χ2v) is 7.20. The Labute approximate surface area is 178 Å². The van der Waals surface area contributed by atoms with Crippen molar-refractivity contribution in [3.8, 4) is 11.4 Å². The number of nitrogens with zero attached hydrogens (tertiary/aromatic N) is 3. The van der Waals surface area contributed by atoms with E-state index in [2.05, 4.69) is 10.1 Å². The first-order chi connectivity index (χ1) is 15.3. The van der Waals surface area contributed by atoms with Crippen LogP contribution in [0.2, 0.25) is 0 Å². The average molecular weight is 409 g/mol. The standard InChI is InChI=1S/C25H19N3O3/c29-25-20(11-18-5-4-10-26-13-18)17-31-24-12-22(8-9-23(24)25)30-16-19-14-27-28(15-19)21-6-2-1-3-7-21/h1-10,12-15,17H,11,16H2. The summed E-state index contributed by atoms with van der Waals surface area (Å²) in [4.78, 5) is 16.9. The first kappa shape index (κ1) is 18.8. The third kappa shape index (κ3) is 4.09. The molecule has 2 aromatic carbocycles. The molecule has 0 bridgehead atoms. The van der Waals surface area contributed by atoms with Crippen molar-refractivity contribution < 1.29 is 9.15 Å². The number of rotatable bonds is 6. The zero-order valence-corrected chi connectivity index (χ0v) is 16.6. The van der Waals surface area contributed by atoms with Gasteiger partial charge in [-0.3, -0.25) is 9.78 Å². The van der Waals surface area contributed by atoms with E-state index in [0.717, 1.165) is 16.8 Å². The Morgan fingerprint density at radius 3 is 2.71 bits per heavy atom. The van der Waals surface area contributed by atoms with Gasteiger partial charge in [0.1, 0.15) is 17.9 Å². The summed E-state index contributed by atoms with van der Waals surface area (Å²) in [6, 6.07) is 19.0. The van der Waals surface area contributed by atoms with Crippen LogP contribution in [0.1, 0.15) is 16.7 Å². The van der Waals surface area contributed by atoms with E-state index in [9.17, 15) is 4.79 Å². The zero-order chi connectivity index (χ0) is 21.0. The van der Waals surface area contributed by atoms with Crippen LogP contribution in [0.3, 0.4) is 0 Å². The highest BCUT2D eigenvalue weighted by Crippen LogP contribution is 2.21. The molecule has 0 fully saturated rings. The molecule has 0 saturated carbocycles. The number of aromatic nitrogens is 3. The van der Waals surface area contributed by atoms with E-state index in [0.29, 0.717) is 35.3 Å². The van der Waals surface area contributed by atoms with Crippen molar-refractivity contribution in [1.29, 1.82) is 0 Å². The van der Waals surface area contributed by atoms with E-state index < -0.39 is 0 Å². The van der Waals surface area contributed by atoms with Gasteiger partial charge in [0.15, 0.2) is 5.43 Å². The normalized spacial score (nSPS) is 11.0. The topological polar surface area (TPSA) is 70.2 Å². The quantitative estimate of drug-likeness (QED) is 0.412. The molecule has 0 radical (unpaired) electrons. The van der Waals surface area contributed by atoms with Crippen LogP contribution in [0.4, 0.5) is 0 Å². The summed E-state index contributed by atoms with van der Waals surface area (Å²) in [5.74, 6) is 0.628. The molecule has 0 N–H and O–H groups in total. The predicted octanol–water partition coefficient (Wildman–Crippen LogP) is 4.54. The van der Waals surface area contributed by atoms with Crippen LogP contribution in [0.25, 0.3) is 16.7 Å². The van der Waals surface area contributed by atoms with E-state index in [-0.39, 0.29) is 5.43 Å². The lowest BCUT2D eigenvalue weighted by molar-refractivity contribution is 0.306. The van der Waals surface area contributed by atoms with E-state index >= 15 is 0 Å². The number of hydrogen-bond donors (Lipinski definition) is 0. The third-order valence-electron chi connectivity index (χ3n) is 5.00. The van der Waals surface area contributed by atoms with Crippen LogP contribution >= 0.6 is 0 Å². The molecule has 152 valence electrons. The minimum atomic E-state index is -0.0409. The van der Waals surface area contributed by atoms with Crippen LogP contribution in [-0.2, 0) is 13.0 Å². The Hall–Kier alpha value is -4.19. The molecule has 3 heterocycles. The zero-order valence-electron chi connectivity index (χ0n) is 16.6. The highest BCUT2D eigenvalue weighted by molar-refractivity contribution is 5.78. The van der Waals surface area contributed by atoms with Gasteiger partial charge in [-0.2, -0.15) is 5.10 Å². The Balaban J connectivity index is 1.32. The summed E-state index contributed by atoms with van der Waals surface area (Å²) in [5, 5.41) is 4.91. The largest absolute Gasteiger partial charge is 0.489 e. The maximum absolute atomic E-state index is 12.8. The molecule has 5 aromatic rings. The molecule has 0 spiro atoms. The number of hydrogen-bond acceptors (Lipinski definition) is 5. The fraction of sp³-hybridized carbons (Fsp3) is 0.0800.